The highest BCUT2D eigenvalue weighted by Crippen LogP contribution is 2.19. The molecule has 0 radical (unpaired) electrons. The number of halogens is 1. The monoisotopic (exact) mass is 431 g/mol. The Labute approximate surface area is 142 Å². The zero-order chi connectivity index (χ0) is 16.2. The molecule has 0 fully saturated rings. The van der Waals surface area contributed by atoms with E-state index in [4.69, 9.17) is 4.74 Å². The first-order chi connectivity index (χ1) is 10.4. The Bertz CT molecular complexity index is 772. The van der Waals surface area contributed by atoms with Gasteiger partial charge in [0.2, 0.25) is 0 Å². The highest BCUT2D eigenvalue weighted by atomic mass is 127. The Morgan fingerprint density at radius 1 is 1.14 bits per heavy atom. The van der Waals surface area contributed by atoms with Crippen LogP contribution in [0.5, 0.6) is 5.75 Å². The number of anilines is 1. The lowest BCUT2D eigenvalue weighted by atomic mass is 10.3. The predicted octanol–water partition coefficient (Wildman–Crippen LogP) is 2.71. The molecule has 1 N–H and O–H groups in total. The largest absolute Gasteiger partial charge is 0.483 e. The summed E-state index contributed by atoms with van der Waals surface area (Å²) in [6, 6.07) is 13.4. The van der Waals surface area contributed by atoms with E-state index in [1.807, 2.05) is 18.2 Å². The van der Waals surface area contributed by atoms with Crippen LogP contribution < -0.4 is 10.1 Å². The summed E-state index contributed by atoms with van der Waals surface area (Å²) in [5, 5.41) is 2.65. The number of benzene rings is 2. The van der Waals surface area contributed by atoms with E-state index in [1.54, 1.807) is 18.2 Å². The quantitative estimate of drug-likeness (QED) is 0.740. The molecule has 0 atom stereocenters. The molecule has 0 unspecified atom stereocenters. The summed E-state index contributed by atoms with van der Waals surface area (Å²) in [7, 11) is -3.24. The van der Waals surface area contributed by atoms with Crippen molar-refractivity contribution in [2.75, 3.05) is 18.2 Å². The van der Waals surface area contributed by atoms with E-state index >= 15 is 0 Å². The Morgan fingerprint density at radius 3 is 2.36 bits per heavy atom. The molecule has 7 heteroatoms. The minimum atomic E-state index is -3.24. The number of ether oxygens (including phenoxy) is 1. The minimum absolute atomic E-state index is 0.117. The summed E-state index contributed by atoms with van der Waals surface area (Å²) in [4.78, 5) is 12.0. The number of hydrogen-bond donors (Lipinski definition) is 1. The zero-order valence-electron chi connectivity index (χ0n) is 11.7. The normalized spacial score (nSPS) is 11.0. The smallest absolute Gasteiger partial charge is 0.262 e. The Balaban J connectivity index is 1.94. The maximum atomic E-state index is 11.8. The van der Waals surface area contributed by atoms with Crippen LogP contribution in [0.25, 0.3) is 0 Å². The fourth-order valence-corrected chi connectivity index (χ4v) is 2.86. The average molecular weight is 431 g/mol. The van der Waals surface area contributed by atoms with E-state index < -0.39 is 9.84 Å². The van der Waals surface area contributed by atoms with Crippen LogP contribution in [0.2, 0.25) is 0 Å². The third-order valence-corrected chi connectivity index (χ3v) is 4.78. The van der Waals surface area contributed by atoms with Gasteiger partial charge in [-0.15, -0.1) is 0 Å². The van der Waals surface area contributed by atoms with Gasteiger partial charge in [0.05, 0.1) is 8.47 Å². The molecule has 2 rings (SSSR count). The Hall–Kier alpha value is -1.61. The molecular formula is C15H14INO4S. The molecule has 2 aromatic rings. The number of carbonyl (C=O) groups excluding carboxylic acids is 1. The van der Waals surface area contributed by atoms with Crippen LogP contribution in [0.3, 0.4) is 0 Å². The molecule has 0 heterocycles. The van der Waals surface area contributed by atoms with Gasteiger partial charge in [-0.3, -0.25) is 4.79 Å². The van der Waals surface area contributed by atoms with E-state index in [2.05, 4.69) is 27.9 Å². The van der Waals surface area contributed by atoms with Crippen LogP contribution >= 0.6 is 22.6 Å². The fraction of sp³-hybridized carbons (Fsp3) is 0.133. The first-order valence-corrected chi connectivity index (χ1v) is 9.30. The minimum Gasteiger partial charge on any atom is -0.483 e. The van der Waals surface area contributed by atoms with E-state index in [1.165, 1.54) is 12.1 Å². The zero-order valence-corrected chi connectivity index (χ0v) is 14.7. The molecule has 0 saturated carbocycles. The van der Waals surface area contributed by atoms with Gasteiger partial charge < -0.3 is 10.1 Å². The second-order valence-electron chi connectivity index (χ2n) is 4.56. The maximum absolute atomic E-state index is 11.8. The van der Waals surface area contributed by atoms with Crippen LogP contribution in [0, 0.1) is 3.57 Å². The third kappa shape index (κ3) is 4.70. The number of para-hydroxylation sites is 1. The molecule has 116 valence electrons. The molecule has 0 spiro atoms. The first kappa shape index (κ1) is 16.8. The lowest BCUT2D eigenvalue weighted by Crippen LogP contribution is -2.20. The molecule has 0 aliphatic heterocycles. The highest BCUT2D eigenvalue weighted by molar-refractivity contribution is 14.1. The lowest BCUT2D eigenvalue weighted by molar-refractivity contribution is -0.118. The van der Waals surface area contributed by atoms with Crippen LogP contribution in [0.15, 0.2) is 53.4 Å². The topological polar surface area (TPSA) is 72.5 Å². The summed E-state index contributed by atoms with van der Waals surface area (Å²) in [5.74, 6) is 0.331. The molecule has 2 aromatic carbocycles. The fourth-order valence-electron chi connectivity index (χ4n) is 1.69. The van der Waals surface area contributed by atoms with E-state index in [0.29, 0.717) is 11.4 Å². The molecule has 22 heavy (non-hydrogen) atoms. The van der Waals surface area contributed by atoms with Crippen molar-refractivity contribution in [1.29, 1.82) is 0 Å². The predicted molar refractivity (Wildman–Crippen MR) is 92.8 cm³/mol. The molecule has 0 aliphatic rings. The molecular weight excluding hydrogens is 417 g/mol. The van der Waals surface area contributed by atoms with Crippen molar-refractivity contribution in [3.63, 3.8) is 0 Å². The van der Waals surface area contributed by atoms with Gasteiger partial charge in [-0.05, 0) is 59.0 Å². The van der Waals surface area contributed by atoms with Crippen molar-refractivity contribution < 1.29 is 17.9 Å². The van der Waals surface area contributed by atoms with Gasteiger partial charge in [-0.2, -0.15) is 0 Å². The second-order valence-corrected chi connectivity index (χ2v) is 7.74. The Morgan fingerprint density at radius 2 is 1.77 bits per heavy atom. The van der Waals surface area contributed by atoms with E-state index in [9.17, 15) is 13.2 Å². The van der Waals surface area contributed by atoms with Crippen molar-refractivity contribution in [2.24, 2.45) is 0 Å². The summed E-state index contributed by atoms with van der Waals surface area (Å²) < 4.78 is 29.1. The summed E-state index contributed by atoms with van der Waals surface area (Å²) >= 11 is 2.13. The van der Waals surface area contributed by atoms with Crippen LogP contribution in [-0.4, -0.2) is 27.2 Å². The standard InChI is InChI=1S/C15H14INO4S/c1-22(19,20)12-8-6-11(7-9-12)17-15(18)10-21-14-5-3-2-4-13(14)16/h2-9H,10H2,1H3,(H,17,18). The number of carbonyl (C=O) groups is 1. The highest BCUT2D eigenvalue weighted by Gasteiger charge is 2.08. The van der Waals surface area contributed by atoms with Gasteiger partial charge in [-0.25, -0.2) is 8.42 Å². The average Bonchev–Trinajstić information content (AvgIpc) is 2.46. The van der Waals surface area contributed by atoms with Crippen LogP contribution in [0.1, 0.15) is 0 Å². The second kappa shape index (κ2) is 7.10. The van der Waals surface area contributed by atoms with Crippen molar-refractivity contribution >= 4 is 44.0 Å². The van der Waals surface area contributed by atoms with Crippen molar-refractivity contribution in [1.82, 2.24) is 0 Å². The lowest BCUT2D eigenvalue weighted by Gasteiger charge is -2.09. The van der Waals surface area contributed by atoms with Gasteiger partial charge >= 0.3 is 0 Å². The number of sulfone groups is 1. The summed E-state index contributed by atoms with van der Waals surface area (Å²) in [5.41, 5.74) is 0.517. The number of rotatable bonds is 5. The maximum Gasteiger partial charge on any atom is 0.262 e. The summed E-state index contributed by atoms with van der Waals surface area (Å²) in [6.07, 6.45) is 1.13. The van der Waals surface area contributed by atoms with E-state index in [-0.39, 0.29) is 17.4 Å². The van der Waals surface area contributed by atoms with Gasteiger partial charge in [0.15, 0.2) is 16.4 Å². The van der Waals surface area contributed by atoms with Gasteiger partial charge in [0, 0.05) is 11.9 Å². The molecule has 1 amide bonds. The van der Waals surface area contributed by atoms with Gasteiger partial charge in [0.1, 0.15) is 5.75 Å². The Kier molecular flexibility index (Phi) is 5.41. The van der Waals surface area contributed by atoms with E-state index in [0.717, 1.165) is 9.83 Å². The molecule has 0 saturated heterocycles. The van der Waals surface area contributed by atoms with Gasteiger partial charge in [0.25, 0.3) is 5.91 Å². The van der Waals surface area contributed by atoms with Crippen molar-refractivity contribution in [3.8, 4) is 5.75 Å². The molecule has 0 bridgehead atoms. The first-order valence-electron chi connectivity index (χ1n) is 6.33. The molecule has 5 nitrogen and oxygen atoms in total. The number of hydrogen-bond acceptors (Lipinski definition) is 4. The SMILES string of the molecule is CS(=O)(=O)c1ccc(NC(=O)COc2ccccc2I)cc1. The summed E-state index contributed by atoms with van der Waals surface area (Å²) in [6.45, 7) is -0.117. The molecule has 0 aromatic heterocycles. The number of nitrogens with one attached hydrogen (secondary N) is 1. The van der Waals surface area contributed by atoms with Gasteiger partial charge in [-0.1, -0.05) is 12.1 Å². The molecule has 0 aliphatic carbocycles. The number of amides is 1. The van der Waals surface area contributed by atoms with Crippen molar-refractivity contribution in [2.45, 2.75) is 4.90 Å². The van der Waals surface area contributed by atoms with Crippen LogP contribution in [0.4, 0.5) is 5.69 Å². The van der Waals surface area contributed by atoms with Crippen molar-refractivity contribution in [3.05, 3.63) is 52.1 Å². The third-order valence-electron chi connectivity index (χ3n) is 2.76. The van der Waals surface area contributed by atoms with Crippen LogP contribution in [-0.2, 0) is 14.6 Å².